The lowest BCUT2D eigenvalue weighted by Crippen LogP contribution is -2.24. The smallest absolute Gasteiger partial charge is 0.266 e. The molecule has 160 valence electrons. The molecule has 0 aliphatic heterocycles. The summed E-state index contributed by atoms with van der Waals surface area (Å²) in [5.41, 5.74) is 5.30. The van der Waals surface area contributed by atoms with Crippen LogP contribution in [-0.4, -0.2) is 26.9 Å². The van der Waals surface area contributed by atoms with Crippen LogP contribution in [-0.2, 0) is 4.79 Å². The fourth-order valence-corrected chi connectivity index (χ4v) is 4.15. The number of nitrogens with one attached hydrogen (secondary N) is 1. The first-order chi connectivity index (χ1) is 15.5. The Bertz CT molecular complexity index is 1350. The average molecular weight is 507 g/mol. The number of hydrogen-bond donors (Lipinski definition) is 1. The lowest BCUT2D eigenvalue weighted by Gasteiger charge is -2.13. The van der Waals surface area contributed by atoms with E-state index in [-0.39, 0.29) is 17.2 Å². The largest absolute Gasteiger partial charge is 0.272 e. The molecule has 1 amide bonds. The molecule has 0 unspecified atom stereocenters. The number of hydrazone groups is 1. The first kappa shape index (κ1) is 22.0. The van der Waals surface area contributed by atoms with Crippen molar-refractivity contribution >= 4 is 50.2 Å². The number of carbonyl (C=O) groups excluding carboxylic acids is 1. The number of para-hydroxylation sites is 1. The molecule has 0 aliphatic carbocycles. The Balaban J connectivity index is 1.59. The second-order valence-electron chi connectivity index (χ2n) is 6.92. The topological polar surface area (TPSA) is 76.3 Å². The van der Waals surface area contributed by atoms with E-state index in [0.29, 0.717) is 27.5 Å². The van der Waals surface area contributed by atoms with Crippen LogP contribution < -0.4 is 11.0 Å². The van der Waals surface area contributed by atoms with E-state index in [1.807, 2.05) is 73.7 Å². The molecular weight excluding hydrogens is 488 g/mol. The maximum absolute atomic E-state index is 13.2. The van der Waals surface area contributed by atoms with Gasteiger partial charge in [0, 0.05) is 4.47 Å². The summed E-state index contributed by atoms with van der Waals surface area (Å²) in [6.45, 7) is 1.83. The van der Waals surface area contributed by atoms with E-state index < -0.39 is 0 Å². The molecule has 6 nitrogen and oxygen atoms in total. The van der Waals surface area contributed by atoms with Gasteiger partial charge in [-0.2, -0.15) is 5.10 Å². The van der Waals surface area contributed by atoms with E-state index in [2.05, 4.69) is 31.4 Å². The van der Waals surface area contributed by atoms with Gasteiger partial charge in [0.25, 0.3) is 11.5 Å². The molecule has 8 heteroatoms. The number of nitrogens with zero attached hydrogens (tertiary/aromatic N) is 3. The minimum absolute atomic E-state index is 0.0624. The monoisotopic (exact) mass is 506 g/mol. The molecule has 4 rings (SSSR count). The van der Waals surface area contributed by atoms with Crippen molar-refractivity contribution in [2.24, 2.45) is 5.10 Å². The Labute approximate surface area is 197 Å². The standard InChI is InChI=1S/C24H19BrN4O2S/c1-16(17-7-3-2-4-8-17)27-28-22(30)15-32-24-26-21-10-6-5-9-20(21)23(31)29(24)19-13-11-18(25)12-14-19/h2-14H,15H2,1H3,(H,28,30)/b27-16+. The van der Waals surface area contributed by atoms with E-state index in [4.69, 9.17) is 0 Å². The Hall–Kier alpha value is -3.23. The number of carbonyl (C=O) groups is 1. The number of halogens is 1. The summed E-state index contributed by atoms with van der Waals surface area (Å²) in [4.78, 5) is 30.3. The van der Waals surface area contributed by atoms with Gasteiger partial charge in [-0.1, -0.05) is 70.2 Å². The van der Waals surface area contributed by atoms with Crippen LogP contribution in [0.4, 0.5) is 0 Å². The van der Waals surface area contributed by atoms with Gasteiger partial charge >= 0.3 is 0 Å². The molecule has 1 aromatic heterocycles. The summed E-state index contributed by atoms with van der Waals surface area (Å²) in [5, 5.41) is 5.13. The van der Waals surface area contributed by atoms with Gasteiger partial charge in [0.2, 0.25) is 0 Å². The Kier molecular flexibility index (Phi) is 6.82. The van der Waals surface area contributed by atoms with Crippen LogP contribution in [0.1, 0.15) is 12.5 Å². The van der Waals surface area contributed by atoms with Gasteiger partial charge < -0.3 is 0 Å². The number of rotatable bonds is 6. The van der Waals surface area contributed by atoms with Crippen LogP contribution in [0.25, 0.3) is 16.6 Å². The molecule has 0 bridgehead atoms. The predicted octanol–water partition coefficient (Wildman–Crippen LogP) is 4.78. The molecule has 0 atom stereocenters. The van der Waals surface area contributed by atoms with Crippen LogP contribution >= 0.6 is 27.7 Å². The van der Waals surface area contributed by atoms with Crippen molar-refractivity contribution in [1.82, 2.24) is 15.0 Å². The molecule has 3 aromatic carbocycles. The molecule has 1 heterocycles. The number of thioether (sulfide) groups is 1. The lowest BCUT2D eigenvalue weighted by molar-refractivity contribution is -0.118. The zero-order chi connectivity index (χ0) is 22.5. The van der Waals surface area contributed by atoms with Gasteiger partial charge in [0.05, 0.1) is 28.1 Å². The van der Waals surface area contributed by atoms with Gasteiger partial charge in [0.15, 0.2) is 5.16 Å². The quantitative estimate of drug-likeness (QED) is 0.176. The zero-order valence-corrected chi connectivity index (χ0v) is 19.6. The average Bonchev–Trinajstić information content (AvgIpc) is 2.82. The highest BCUT2D eigenvalue weighted by atomic mass is 79.9. The Morgan fingerprint density at radius 1 is 1.03 bits per heavy atom. The van der Waals surface area contributed by atoms with E-state index >= 15 is 0 Å². The molecule has 0 aliphatic rings. The number of aromatic nitrogens is 2. The summed E-state index contributed by atoms with van der Waals surface area (Å²) in [7, 11) is 0. The third-order valence-electron chi connectivity index (χ3n) is 4.70. The number of amides is 1. The summed E-state index contributed by atoms with van der Waals surface area (Å²) < 4.78 is 2.44. The fourth-order valence-electron chi connectivity index (χ4n) is 3.08. The molecule has 0 saturated heterocycles. The SMILES string of the molecule is C/C(=N\NC(=O)CSc1nc2ccccc2c(=O)n1-c1ccc(Br)cc1)c1ccccc1. The molecule has 0 fully saturated rings. The van der Waals surface area contributed by atoms with Crippen LogP contribution in [0.2, 0.25) is 0 Å². The molecule has 4 aromatic rings. The van der Waals surface area contributed by atoms with Crippen LogP contribution in [0, 0.1) is 0 Å². The molecule has 32 heavy (non-hydrogen) atoms. The van der Waals surface area contributed by atoms with Crippen molar-refractivity contribution in [2.45, 2.75) is 12.1 Å². The summed E-state index contributed by atoms with van der Waals surface area (Å²) in [6.07, 6.45) is 0. The Morgan fingerprint density at radius 2 is 1.72 bits per heavy atom. The summed E-state index contributed by atoms with van der Waals surface area (Å²) in [5.74, 6) is -0.220. The molecule has 1 N–H and O–H groups in total. The highest BCUT2D eigenvalue weighted by molar-refractivity contribution is 9.10. The second kappa shape index (κ2) is 9.93. The minimum atomic E-state index is -0.282. The van der Waals surface area contributed by atoms with E-state index in [1.54, 1.807) is 12.1 Å². The third kappa shape index (κ3) is 4.98. The molecular formula is C24H19BrN4O2S. The molecule has 0 radical (unpaired) electrons. The van der Waals surface area contributed by atoms with Crippen molar-refractivity contribution < 1.29 is 4.79 Å². The predicted molar refractivity (Wildman–Crippen MR) is 133 cm³/mol. The minimum Gasteiger partial charge on any atom is -0.272 e. The van der Waals surface area contributed by atoms with Gasteiger partial charge in [-0.15, -0.1) is 0 Å². The van der Waals surface area contributed by atoms with Crippen LogP contribution in [0.3, 0.4) is 0 Å². The normalized spacial score (nSPS) is 11.5. The lowest BCUT2D eigenvalue weighted by atomic mass is 10.1. The first-order valence-electron chi connectivity index (χ1n) is 9.82. The van der Waals surface area contributed by atoms with Crippen molar-refractivity contribution in [3.05, 3.63) is 99.3 Å². The van der Waals surface area contributed by atoms with Gasteiger partial charge in [-0.25, -0.2) is 10.4 Å². The molecule has 0 saturated carbocycles. The summed E-state index contributed by atoms with van der Waals surface area (Å²) >= 11 is 4.61. The molecule has 0 spiro atoms. The van der Waals surface area contributed by atoms with Gasteiger partial charge in [-0.3, -0.25) is 14.2 Å². The summed E-state index contributed by atoms with van der Waals surface area (Å²) in [6, 6.07) is 24.2. The van der Waals surface area contributed by atoms with Gasteiger partial charge in [-0.05, 0) is 48.9 Å². The number of hydrogen-bond acceptors (Lipinski definition) is 5. The van der Waals surface area contributed by atoms with E-state index in [1.165, 1.54) is 16.3 Å². The fraction of sp³-hybridized carbons (Fsp3) is 0.0833. The van der Waals surface area contributed by atoms with Crippen LogP contribution in [0.5, 0.6) is 0 Å². The highest BCUT2D eigenvalue weighted by Crippen LogP contribution is 2.22. The highest BCUT2D eigenvalue weighted by Gasteiger charge is 2.15. The van der Waals surface area contributed by atoms with Crippen molar-refractivity contribution in [3.8, 4) is 5.69 Å². The number of benzene rings is 3. The zero-order valence-electron chi connectivity index (χ0n) is 17.2. The van der Waals surface area contributed by atoms with Crippen molar-refractivity contribution in [1.29, 1.82) is 0 Å². The Morgan fingerprint density at radius 3 is 2.47 bits per heavy atom. The maximum Gasteiger partial charge on any atom is 0.266 e. The third-order valence-corrected chi connectivity index (χ3v) is 6.17. The number of fused-ring (bicyclic) bond motifs is 1. The first-order valence-corrected chi connectivity index (χ1v) is 11.6. The second-order valence-corrected chi connectivity index (χ2v) is 8.77. The van der Waals surface area contributed by atoms with E-state index in [0.717, 1.165) is 10.0 Å². The van der Waals surface area contributed by atoms with Gasteiger partial charge in [0.1, 0.15) is 0 Å². The van der Waals surface area contributed by atoms with E-state index in [9.17, 15) is 9.59 Å². The van der Waals surface area contributed by atoms with Crippen LogP contribution in [0.15, 0.2) is 98.4 Å². The van der Waals surface area contributed by atoms with Crippen molar-refractivity contribution in [2.75, 3.05) is 5.75 Å². The van der Waals surface area contributed by atoms with Crippen molar-refractivity contribution in [3.63, 3.8) is 0 Å². The maximum atomic E-state index is 13.2.